The van der Waals surface area contributed by atoms with E-state index in [-0.39, 0.29) is 0 Å². The van der Waals surface area contributed by atoms with Crippen LogP contribution in [0, 0.1) is 0 Å². The molecular weight excluding hydrogens is 280 g/mol. The quantitative estimate of drug-likeness (QED) is 0.593. The molecule has 17 heavy (non-hydrogen) atoms. The molecular formula is C13H21BrN2O. The van der Waals surface area contributed by atoms with E-state index >= 15 is 0 Å². The Hall–Kier alpha value is -0.900. The standard InChI is InChI=1S/C13H21BrN2O/c1-15(2)11-8-12(16(3)4)10-13(9-11)17-7-5-6-14/h8-10H,5-7H2,1-4H3. The molecule has 0 atom stereocenters. The number of ether oxygens (including phenoxy) is 1. The van der Waals surface area contributed by atoms with E-state index in [0.29, 0.717) is 0 Å². The van der Waals surface area contributed by atoms with Crippen molar-refractivity contribution in [3.63, 3.8) is 0 Å². The van der Waals surface area contributed by atoms with E-state index < -0.39 is 0 Å². The smallest absolute Gasteiger partial charge is 0.123 e. The van der Waals surface area contributed by atoms with Gasteiger partial charge >= 0.3 is 0 Å². The van der Waals surface area contributed by atoms with Crippen LogP contribution in [-0.4, -0.2) is 40.1 Å². The Morgan fingerprint density at radius 2 is 1.53 bits per heavy atom. The maximum atomic E-state index is 5.74. The molecule has 0 N–H and O–H groups in total. The molecule has 0 amide bonds. The summed E-state index contributed by atoms with van der Waals surface area (Å²) in [6.45, 7) is 0.745. The molecule has 0 saturated carbocycles. The van der Waals surface area contributed by atoms with Crippen molar-refractivity contribution in [3.8, 4) is 5.75 Å². The molecule has 0 unspecified atom stereocenters. The minimum atomic E-state index is 0.745. The van der Waals surface area contributed by atoms with Crippen molar-refractivity contribution < 1.29 is 4.74 Å². The Bertz CT molecular complexity index is 327. The first-order chi connectivity index (χ1) is 8.04. The van der Waals surface area contributed by atoms with E-state index in [1.807, 2.05) is 28.2 Å². The Morgan fingerprint density at radius 3 is 1.94 bits per heavy atom. The fraction of sp³-hybridized carbons (Fsp3) is 0.538. The summed E-state index contributed by atoms with van der Waals surface area (Å²) < 4.78 is 5.74. The second-order valence-corrected chi connectivity index (χ2v) is 5.16. The maximum absolute atomic E-state index is 5.74. The third kappa shape index (κ3) is 4.46. The average molecular weight is 301 g/mol. The Morgan fingerprint density at radius 1 is 1.00 bits per heavy atom. The van der Waals surface area contributed by atoms with Gasteiger partial charge in [0.1, 0.15) is 5.75 Å². The Balaban J connectivity index is 2.88. The minimum Gasteiger partial charge on any atom is -0.493 e. The van der Waals surface area contributed by atoms with Gasteiger partial charge in [0, 0.05) is 57.0 Å². The topological polar surface area (TPSA) is 15.7 Å². The number of nitrogens with zero attached hydrogens (tertiary/aromatic N) is 2. The van der Waals surface area contributed by atoms with Gasteiger partial charge in [0.25, 0.3) is 0 Å². The molecule has 0 fully saturated rings. The third-order valence-corrected chi connectivity index (χ3v) is 3.02. The van der Waals surface area contributed by atoms with Crippen molar-refractivity contribution >= 4 is 27.3 Å². The fourth-order valence-corrected chi connectivity index (χ4v) is 1.64. The number of halogens is 1. The molecule has 1 aromatic rings. The lowest BCUT2D eigenvalue weighted by molar-refractivity contribution is 0.319. The lowest BCUT2D eigenvalue weighted by atomic mass is 10.2. The maximum Gasteiger partial charge on any atom is 0.123 e. The van der Waals surface area contributed by atoms with Gasteiger partial charge in [-0.3, -0.25) is 0 Å². The van der Waals surface area contributed by atoms with E-state index in [9.17, 15) is 0 Å². The molecule has 0 spiro atoms. The summed E-state index contributed by atoms with van der Waals surface area (Å²) in [6, 6.07) is 6.29. The van der Waals surface area contributed by atoms with E-state index in [1.54, 1.807) is 0 Å². The van der Waals surface area contributed by atoms with Gasteiger partial charge in [0.2, 0.25) is 0 Å². The molecule has 0 aliphatic heterocycles. The minimum absolute atomic E-state index is 0.745. The molecule has 0 heterocycles. The number of anilines is 2. The van der Waals surface area contributed by atoms with Crippen LogP contribution in [0.1, 0.15) is 6.42 Å². The van der Waals surface area contributed by atoms with Crippen LogP contribution < -0.4 is 14.5 Å². The molecule has 3 nitrogen and oxygen atoms in total. The van der Waals surface area contributed by atoms with Gasteiger partial charge in [-0.05, 0) is 12.5 Å². The van der Waals surface area contributed by atoms with Crippen molar-refractivity contribution in [2.45, 2.75) is 6.42 Å². The lowest BCUT2D eigenvalue weighted by Gasteiger charge is -2.20. The highest BCUT2D eigenvalue weighted by molar-refractivity contribution is 9.09. The zero-order chi connectivity index (χ0) is 12.8. The number of benzene rings is 1. The molecule has 1 rings (SSSR count). The van der Waals surface area contributed by atoms with E-state index in [4.69, 9.17) is 4.74 Å². The first kappa shape index (κ1) is 14.2. The van der Waals surface area contributed by atoms with E-state index in [2.05, 4.69) is 43.9 Å². The predicted octanol–water partition coefficient (Wildman–Crippen LogP) is 2.98. The monoisotopic (exact) mass is 300 g/mol. The molecule has 0 saturated heterocycles. The van der Waals surface area contributed by atoms with E-state index in [1.165, 1.54) is 0 Å². The molecule has 0 aromatic heterocycles. The van der Waals surface area contributed by atoms with Crippen LogP contribution in [0.3, 0.4) is 0 Å². The normalized spacial score (nSPS) is 10.2. The molecule has 96 valence electrons. The molecule has 0 radical (unpaired) electrons. The van der Waals surface area contributed by atoms with Gasteiger partial charge in [0.05, 0.1) is 6.61 Å². The Kier molecular flexibility index (Phi) is 5.62. The fourth-order valence-electron chi connectivity index (χ4n) is 1.41. The molecule has 0 bridgehead atoms. The zero-order valence-electron chi connectivity index (χ0n) is 11.0. The van der Waals surface area contributed by atoms with Gasteiger partial charge in [-0.2, -0.15) is 0 Å². The predicted molar refractivity (Wildman–Crippen MR) is 79.0 cm³/mol. The van der Waals surface area contributed by atoms with Crippen molar-refractivity contribution in [2.75, 3.05) is 49.9 Å². The van der Waals surface area contributed by atoms with Gasteiger partial charge in [0.15, 0.2) is 0 Å². The summed E-state index contributed by atoms with van der Waals surface area (Å²) in [5, 5.41) is 0.973. The van der Waals surface area contributed by atoms with Crippen LogP contribution in [-0.2, 0) is 0 Å². The van der Waals surface area contributed by atoms with Crippen molar-refractivity contribution in [2.24, 2.45) is 0 Å². The third-order valence-electron chi connectivity index (χ3n) is 2.46. The first-order valence-corrected chi connectivity index (χ1v) is 6.85. The average Bonchev–Trinajstić information content (AvgIpc) is 2.29. The highest BCUT2D eigenvalue weighted by atomic mass is 79.9. The van der Waals surface area contributed by atoms with Gasteiger partial charge in [-0.1, -0.05) is 15.9 Å². The van der Waals surface area contributed by atoms with Crippen LogP contribution in [0.2, 0.25) is 0 Å². The number of rotatable bonds is 6. The summed E-state index contributed by atoms with van der Waals surface area (Å²) in [5.41, 5.74) is 2.31. The van der Waals surface area contributed by atoms with E-state index in [0.717, 1.165) is 35.5 Å². The van der Waals surface area contributed by atoms with Crippen molar-refractivity contribution in [1.29, 1.82) is 0 Å². The largest absolute Gasteiger partial charge is 0.493 e. The van der Waals surface area contributed by atoms with Crippen molar-refractivity contribution in [1.82, 2.24) is 0 Å². The van der Waals surface area contributed by atoms with Crippen molar-refractivity contribution in [3.05, 3.63) is 18.2 Å². The summed E-state index contributed by atoms with van der Waals surface area (Å²) in [4.78, 5) is 4.18. The summed E-state index contributed by atoms with van der Waals surface area (Å²) in [6.07, 6.45) is 1.02. The molecule has 1 aromatic carbocycles. The second kappa shape index (κ2) is 6.74. The van der Waals surface area contributed by atoms with Gasteiger partial charge < -0.3 is 14.5 Å². The molecule has 0 aliphatic rings. The van der Waals surface area contributed by atoms with Gasteiger partial charge in [-0.15, -0.1) is 0 Å². The highest BCUT2D eigenvalue weighted by Crippen LogP contribution is 2.27. The summed E-state index contributed by atoms with van der Waals surface area (Å²) in [5.74, 6) is 0.931. The van der Waals surface area contributed by atoms with Crippen LogP contribution in [0.25, 0.3) is 0 Å². The summed E-state index contributed by atoms with van der Waals surface area (Å²) >= 11 is 3.40. The Labute approximate surface area is 112 Å². The van der Waals surface area contributed by atoms with Gasteiger partial charge in [-0.25, -0.2) is 0 Å². The van der Waals surface area contributed by atoms with Crippen LogP contribution in [0.4, 0.5) is 11.4 Å². The van der Waals surface area contributed by atoms with Crippen LogP contribution in [0.15, 0.2) is 18.2 Å². The molecule has 4 heteroatoms. The van der Waals surface area contributed by atoms with Crippen LogP contribution >= 0.6 is 15.9 Å². The SMILES string of the molecule is CN(C)c1cc(OCCCBr)cc(N(C)C)c1. The number of hydrogen-bond donors (Lipinski definition) is 0. The van der Waals surface area contributed by atoms with Crippen LogP contribution in [0.5, 0.6) is 5.75 Å². The molecule has 0 aliphatic carbocycles. The highest BCUT2D eigenvalue weighted by Gasteiger charge is 2.05. The zero-order valence-corrected chi connectivity index (χ0v) is 12.6. The second-order valence-electron chi connectivity index (χ2n) is 4.36. The number of hydrogen-bond acceptors (Lipinski definition) is 3. The first-order valence-electron chi connectivity index (χ1n) is 5.73. The summed E-state index contributed by atoms with van der Waals surface area (Å²) in [7, 11) is 8.15. The lowest BCUT2D eigenvalue weighted by Crippen LogP contribution is -2.13. The number of alkyl halides is 1.